The van der Waals surface area contributed by atoms with Crippen LogP contribution in [0.3, 0.4) is 0 Å². The zero-order valence-electron chi connectivity index (χ0n) is 9.48. The summed E-state index contributed by atoms with van der Waals surface area (Å²) in [5.41, 5.74) is 0.855. The molecule has 0 amide bonds. The lowest BCUT2D eigenvalue weighted by molar-refractivity contribution is 0.186. The third-order valence-electron chi connectivity index (χ3n) is 2.11. The van der Waals surface area contributed by atoms with Crippen LogP contribution in [0.1, 0.15) is 25.3 Å². The molecule has 0 aliphatic heterocycles. The maximum absolute atomic E-state index is 9.08. The van der Waals surface area contributed by atoms with E-state index < -0.39 is 0 Å². The van der Waals surface area contributed by atoms with Gasteiger partial charge in [-0.25, -0.2) is 4.98 Å². The normalized spacial score (nSPS) is 13.0. The summed E-state index contributed by atoms with van der Waals surface area (Å²) in [6, 6.07) is 3.62. The number of methoxy groups -OCH3 is 1. The molecule has 1 rings (SSSR count). The fraction of sp³-hybridized carbons (Fsp3) is 0.417. The van der Waals surface area contributed by atoms with E-state index in [4.69, 9.17) is 21.4 Å². The second kappa shape index (κ2) is 6.51. The Labute approximate surface area is 101 Å². The third-order valence-corrected chi connectivity index (χ3v) is 2.41. The molecule has 1 aromatic heterocycles. The van der Waals surface area contributed by atoms with Gasteiger partial charge >= 0.3 is 0 Å². The van der Waals surface area contributed by atoms with Crippen LogP contribution in [-0.4, -0.2) is 23.3 Å². The Morgan fingerprint density at radius 1 is 1.56 bits per heavy atom. The van der Waals surface area contributed by atoms with Gasteiger partial charge in [-0.15, -0.1) is 0 Å². The molecule has 0 radical (unpaired) electrons. The molecule has 88 valence electrons. The SMILES string of the molecule is COc1ccc(/C=C/CCC(C)O)c(Cl)n1. The molecule has 0 saturated carbocycles. The summed E-state index contributed by atoms with van der Waals surface area (Å²) in [6.07, 6.45) is 5.17. The second-order valence-electron chi connectivity index (χ2n) is 3.56. The molecular weight excluding hydrogens is 226 g/mol. The predicted octanol–water partition coefficient (Wildman–Crippen LogP) is 2.92. The minimum Gasteiger partial charge on any atom is -0.481 e. The molecule has 0 aromatic carbocycles. The first-order valence-electron chi connectivity index (χ1n) is 5.18. The van der Waals surface area contributed by atoms with Crippen LogP contribution >= 0.6 is 11.6 Å². The highest BCUT2D eigenvalue weighted by Gasteiger charge is 2.00. The quantitative estimate of drug-likeness (QED) is 0.806. The molecule has 0 bridgehead atoms. The van der Waals surface area contributed by atoms with E-state index in [0.717, 1.165) is 18.4 Å². The summed E-state index contributed by atoms with van der Waals surface area (Å²) >= 11 is 5.96. The molecule has 0 aliphatic carbocycles. The van der Waals surface area contributed by atoms with Crippen molar-refractivity contribution in [3.05, 3.63) is 28.9 Å². The van der Waals surface area contributed by atoms with Crippen LogP contribution in [0.4, 0.5) is 0 Å². The lowest BCUT2D eigenvalue weighted by Crippen LogP contribution is -1.96. The van der Waals surface area contributed by atoms with E-state index >= 15 is 0 Å². The molecule has 4 heteroatoms. The average Bonchev–Trinajstić information content (AvgIpc) is 2.25. The van der Waals surface area contributed by atoms with Crippen molar-refractivity contribution >= 4 is 17.7 Å². The van der Waals surface area contributed by atoms with Gasteiger partial charge in [0, 0.05) is 11.6 Å². The summed E-state index contributed by atoms with van der Waals surface area (Å²) in [6.45, 7) is 1.77. The highest BCUT2D eigenvalue weighted by Crippen LogP contribution is 2.19. The standard InChI is InChI=1S/C12H16ClNO2/c1-9(15)5-3-4-6-10-7-8-11(16-2)14-12(10)13/h4,6-9,15H,3,5H2,1-2H3/b6-4+. The Kier molecular flexibility index (Phi) is 5.29. The van der Waals surface area contributed by atoms with Crippen LogP contribution in [0, 0.1) is 0 Å². The first-order chi connectivity index (χ1) is 7.63. The Bertz CT molecular complexity index is 364. The minimum atomic E-state index is -0.269. The van der Waals surface area contributed by atoms with Gasteiger partial charge in [0.2, 0.25) is 5.88 Å². The van der Waals surface area contributed by atoms with Crippen molar-refractivity contribution in [3.8, 4) is 5.88 Å². The van der Waals surface area contributed by atoms with Gasteiger partial charge in [-0.3, -0.25) is 0 Å². The first kappa shape index (κ1) is 13.0. The molecule has 1 unspecified atom stereocenters. The van der Waals surface area contributed by atoms with Gasteiger partial charge < -0.3 is 9.84 Å². The van der Waals surface area contributed by atoms with Crippen LogP contribution in [0.15, 0.2) is 18.2 Å². The Hall–Kier alpha value is -1.06. The molecule has 1 aromatic rings. The number of allylic oxidation sites excluding steroid dienone is 1. The van der Waals surface area contributed by atoms with E-state index in [0.29, 0.717) is 11.0 Å². The molecule has 1 atom stereocenters. The van der Waals surface area contributed by atoms with Crippen LogP contribution in [0.5, 0.6) is 5.88 Å². The van der Waals surface area contributed by atoms with E-state index in [1.165, 1.54) is 0 Å². The van der Waals surface area contributed by atoms with Crippen LogP contribution < -0.4 is 4.74 Å². The number of halogens is 1. The predicted molar refractivity (Wildman–Crippen MR) is 65.7 cm³/mol. The Balaban J connectivity index is 2.60. The summed E-state index contributed by atoms with van der Waals surface area (Å²) < 4.78 is 4.95. The molecule has 1 heterocycles. The topological polar surface area (TPSA) is 42.4 Å². The first-order valence-corrected chi connectivity index (χ1v) is 5.56. The zero-order valence-corrected chi connectivity index (χ0v) is 10.2. The smallest absolute Gasteiger partial charge is 0.214 e. The number of ether oxygens (including phenoxy) is 1. The summed E-state index contributed by atoms with van der Waals surface area (Å²) in [7, 11) is 1.55. The molecular formula is C12H16ClNO2. The van der Waals surface area contributed by atoms with Crippen molar-refractivity contribution in [3.63, 3.8) is 0 Å². The number of aliphatic hydroxyl groups is 1. The van der Waals surface area contributed by atoms with Gasteiger partial charge in [-0.2, -0.15) is 0 Å². The van der Waals surface area contributed by atoms with Gasteiger partial charge in [0.05, 0.1) is 13.2 Å². The molecule has 3 nitrogen and oxygen atoms in total. The van der Waals surface area contributed by atoms with Crippen LogP contribution in [0.2, 0.25) is 5.15 Å². The number of pyridine rings is 1. The maximum Gasteiger partial charge on any atom is 0.214 e. The van der Waals surface area contributed by atoms with Gasteiger partial charge in [-0.05, 0) is 25.8 Å². The van der Waals surface area contributed by atoms with Crippen molar-refractivity contribution in [2.75, 3.05) is 7.11 Å². The zero-order chi connectivity index (χ0) is 12.0. The van der Waals surface area contributed by atoms with Gasteiger partial charge in [0.15, 0.2) is 0 Å². The van der Waals surface area contributed by atoms with Gasteiger partial charge in [0.25, 0.3) is 0 Å². The molecule has 0 fully saturated rings. The Morgan fingerprint density at radius 3 is 2.88 bits per heavy atom. The number of hydrogen-bond acceptors (Lipinski definition) is 3. The number of hydrogen-bond donors (Lipinski definition) is 1. The van der Waals surface area contributed by atoms with E-state index in [2.05, 4.69) is 4.98 Å². The van der Waals surface area contributed by atoms with Crippen molar-refractivity contribution < 1.29 is 9.84 Å². The Morgan fingerprint density at radius 2 is 2.31 bits per heavy atom. The molecule has 0 spiro atoms. The summed E-state index contributed by atoms with van der Waals surface area (Å²) in [4.78, 5) is 4.05. The van der Waals surface area contributed by atoms with Crippen LogP contribution in [-0.2, 0) is 0 Å². The van der Waals surface area contributed by atoms with E-state index in [9.17, 15) is 0 Å². The van der Waals surface area contributed by atoms with Crippen molar-refractivity contribution in [1.29, 1.82) is 0 Å². The number of nitrogens with zero attached hydrogens (tertiary/aromatic N) is 1. The van der Waals surface area contributed by atoms with Crippen molar-refractivity contribution in [2.45, 2.75) is 25.9 Å². The maximum atomic E-state index is 9.08. The van der Waals surface area contributed by atoms with E-state index in [1.807, 2.05) is 18.2 Å². The second-order valence-corrected chi connectivity index (χ2v) is 3.92. The van der Waals surface area contributed by atoms with Crippen LogP contribution in [0.25, 0.3) is 6.08 Å². The minimum absolute atomic E-state index is 0.269. The third kappa shape index (κ3) is 4.21. The lowest BCUT2D eigenvalue weighted by atomic mass is 10.2. The number of aromatic nitrogens is 1. The lowest BCUT2D eigenvalue weighted by Gasteiger charge is -2.02. The molecule has 0 saturated heterocycles. The average molecular weight is 242 g/mol. The van der Waals surface area contributed by atoms with E-state index in [-0.39, 0.29) is 6.10 Å². The highest BCUT2D eigenvalue weighted by molar-refractivity contribution is 6.30. The largest absolute Gasteiger partial charge is 0.481 e. The highest BCUT2D eigenvalue weighted by atomic mass is 35.5. The van der Waals surface area contributed by atoms with Gasteiger partial charge in [-0.1, -0.05) is 23.8 Å². The number of aliphatic hydroxyl groups excluding tert-OH is 1. The fourth-order valence-electron chi connectivity index (χ4n) is 1.21. The van der Waals surface area contributed by atoms with Gasteiger partial charge in [0.1, 0.15) is 5.15 Å². The fourth-order valence-corrected chi connectivity index (χ4v) is 1.42. The summed E-state index contributed by atoms with van der Waals surface area (Å²) in [5.74, 6) is 0.506. The monoisotopic (exact) mass is 241 g/mol. The van der Waals surface area contributed by atoms with Crippen molar-refractivity contribution in [1.82, 2.24) is 4.98 Å². The van der Waals surface area contributed by atoms with Crippen molar-refractivity contribution in [2.24, 2.45) is 0 Å². The molecule has 0 aliphatic rings. The van der Waals surface area contributed by atoms with E-state index in [1.54, 1.807) is 20.1 Å². The summed E-state index contributed by atoms with van der Waals surface area (Å²) in [5, 5.41) is 9.51. The molecule has 16 heavy (non-hydrogen) atoms. The number of rotatable bonds is 5. The molecule has 1 N–H and O–H groups in total.